The highest BCUT2D eigenvalue weighted by Gasteiger charge is 2.58. The molecule has 1 aliphatic heterocycles. The van der Waals surface area contributed by atoms with Crippen molar-refractivity contribution in [1.82, 2.24) is 19.9 Å². The van der Waals surface area contributed by atoms with Gasteiger partial charge in [0.1, 0.15) is 11.7 Å². The minimum absolute atomic E-state index is 0.115. The summed E-state index contributed by atoms with van der Waals surface area (Å²) < 4.78 is 36.8. The van der Waals surface area contributed by atoms with Gasteiger partial charge >= 0.3 is 10.4 Å². The molecule has 15 heteroatoms. The van der Waals surface area contributed by atoms with Crippen LogP contribution < -0.4 is 10.7 Å². The highest BCUT2D eigenvalue weighted by atomic mass is 32.3. The molecule has 2 N–H and O–H groups in total. The topological polar surface area (TPSA) is 169 Å². The second-order valence-electron chi connectivity index (χ2n) is 8.08. The Hall–Kier alpha value is -3.14. The Bertz CT molecular complexity index is 1330. The van der Waals surface area contributed by atoms with E-state index in [0.717, 1.165) is 0 Å². The third-order valence-corrected chi connectivity index (χ3v) is 6.20. The largest absolute Gasteiger partial charge is 0.418 e. The van der Waals surface area contributed by atoms with E-state index in [2.05, 4.69) is 19.7 Å². The molecule has 13 nitrogen and oxygen atoms in total. The summed E-state index contributed by atoms with van der Waals surface area (Å²) in [6, 6.07) is 0.223. The van der Waals surface area contributed by atoms with Gasteiger partial charge < -0.3 is 14.7 Å². The summed E-state index contributed by atoms with van der Waals surface area (Å²) in [5.41, 5.74) is -0.412. The maximum Gasteiger partial charge on any atom is 0.418 e. The second kappa shape index (κ2) is 9.25. The molecule has 0 radical (unpaired) electrons. The van der Waals surface area contributed by atoms with Crippen LogP contribution in [0, 0.1) is 13.8 Å². The number of amides is 2. The van der Waals surface area contributed by atoms with Gasteiger partial charge in [0.2, 0.25) is 0 Å². The number of carbonyl (C=O) groups is 2. The summed E-state index contributed by atoms with van der Waals surface area (Å²) in [4.78, 5) is 46.8. The molecule has 3 rings (SSSR count). The monoisotopic (exact) mass is 513 g/mol. The lowest BCUT2D eigenvalue weighted by Crippen LogP contribution is -2.76. The van der Waals surface area contributed by atoms with Crippen LogP contribution in [0.15, 0.2) is 27.6 Å². The van der Waals surface area contributed by atoms with Crippen molar-refractivity contribution in [2.75, 3.05) is 0 Å². The van der Waals surface area contributed by atoms with E-state index >= 15 is 0 Å². The summed E-state index contributed by atoms with van der Waals surface area (Å²) in [7, 11) is -3.20. The number of nitrogens with one attached hydrogen (secondary N) is 1. The second-order valence-corrected chi connectivity index (χ2v) is 10.1. The van der Waals surface area contributed by atoms with Crippen molar-refractivity contribution >= 4 is 39.3 Å². The number of nitrogens with zero attached hydrogens (tertiary/aromatic N) is 4. The van der Waals surface area contributed by atoms with Crippen molar-refractivity contribution in [3.8, 4) is 0 Å². The van der Waals surface area contributed by atoms with E-state index in [-0.39, 0.29) is 23.4 Å². The third-order valence-electron chi connectivity index (χ3n) is 5.09. The maximum atomic E-state index is 13.0. The summed E-state index contributed by atoms with van der Waals surface area (Å²) in [5, 5.41) is 9.06. The van der Waals surface area contributed by atoms with Crippen LogP contribution in [0.3, 0.4) is 0 Å². The van der Waals surface area contributed by atoms with Gasteiger partial charge in [-0.15, -0.1) is 15.6 Å². The molecule has 1 atom stereocenters. The van der Waals surface area contributed by atoms with Gasteiger partial charge in [0.25, 0.3) is 11.8 Å². The predicted octanol–water partition coefficient (Wildman–Crippen LogP) is 0.220. The number of aromatic nitrogens is 2. The molecule has 1 saturated heterocycles. The van der Waals surface area contributed by atoms with E-state index in [0.29, 0.717) is 21.3 Å². The minimum atomic E-state index is -4.93. The average Bonchev–Trinajstić information content (AvgIpc) is 3.16. The fourth-order valence-electron chi connectivity index (χ4n) is 3.21. The van der Waals surface area contributed by atoms with E-state index in [1.807, 2.05) is 0 Å². The first-order chi connectivity index (χ1) is 15.7. The molecule has 0 aliphatic carbocycles. The normalized spacial score (nSPS) is 17.9. The zero-order valence-electron chi connectivity index (χ0n) is 18.9. The van der Waals surface area contributed by atoms with Crippen LogP contribution in [-0.4, -0.2) is 56.7 Å². The van der Waals surface area contributed by atoms with Crippen molar-refractivity contribution < 1.29 is 31.7 Å². The van der Waals surface area contributed by atoms with Crippen molar-refractivity contribution in [1.29, 1.82) is 0 Å². The van der Waals surface area contributed by atoms with Crippen LogP contribution in [0.4, 0.5) is 0 Å². The standard InChI is InChI=1S/C19H23N5O8S2/c1-10-7-23(5)12(6-14(10)25)8-31-22-15(13-9-33-11(2)20-13)17(26)21-16-18(27)24(19(16,3)4)32-34(28,29)30/h6-7,9,16H,8H2,1-5H3,(H,21,26)(H,28,29,30)/b22-15+/t16-/m1/s1. The van der Waals surface area contributed by atoms with Gasteiger partial charge in [-0.3, -0.25) is 18.9 Å². The molecule has 2 aromatic rings. The molecule has 0 bridgehead atoms. The average molecular weight is 514 g/mol. The first-order valence-electron chi connectivity index (χ1n) is 9.81. The molecule has 184 valence electrons. The SMILES string of the molecule is Cc1nc(/C(=N\OCc2cc(=O)c(C)cn2C)C(=O)N[C@@H]2C(=O)N(OS(=O)(=O)O)C2(C)C)cs1. The molecule has 3 heterocycles. The van der Waals surface area contributed by atoms with E-state index in [9.17, 15) is 22.8 Å². The zero-order valence-corrected chi connectivity index (χ0v) is 20.6. The summed E-state index contributed by atoms with van der Waals surface area (Å²) in [6.07, 6.45) is 1.65. The number of hydrogen-bond donors (Lipinski definition) is 2. The number of β-lactam (4-membered cyclic amide) rings is 1. The molecule has 0 aromatic carbocycles. The molecular weight excluding hydrogens is 490 g/mol. The quantitative estimate of drug-likeness (QED) is 0.217. The summed E-state index contributed by atoms with van der Waals surface area (Å²) in [5.74, 6) is -1.69. The minimum Gasteiger partial charge on any atom is -0.389 e. The van der Waals surface area contributed by atoms with Gasteiger partial charge in [0.05, 0.1) is 16.2 Å². The number of aryl methyl sites for hydroxylation is 3. The highest BCUT2D eigenvalue weighted by Crippen LogP contribution is 2.32. The lowest BCUT2D eigenvalue weighted by molar-refractivity contribution is -0.218. The fraction of sp³-hybridized carbons (Fsp3) is 0.421. The number of hydroxylamine groups is 2. The predicted molar refractivity (Wildman–Crippen MR) is 120 cm³/mol. The first-order valence-corrected chi connectivity index (χ1v) is 12.1. The van der Waals surface area contributed by atoms with Gasteiger partial charge in [-0.2, -0.15) is 13.5 Å². The Morgan fingerprint density at radius 3 is 2.59 bits per heavy atom. The molecule has 34 heavy (non-hydrogen) atoms. The molecule has 2 amide bonds. The lowest BCUT2D eigenvalue weighted by Gasteiger charge is -2.50. The Kier molecular flexibility index (Phi) is 6.93. The van der Waals surface area contributed by atoms with Crippen LogP contribution in [0.5, 0.6) is 0 Å². The number of pyridine rings is 1. The van der Waals surface area contributed by atoms with E-state index < -0.39 is 33.8 Å². The van der Waals surface area contributed by atoms with Crippen molar-refractivity contribution in [3.63, 3.8) is 0 Å². The van der Waals surface area contributed by atoms with Gasteiger partial charge in [-0.25, -0.2) is 4.98 Å². The number of thiazole rings is 1. The Morgan fingerprint density at radius 2 is 2.03 bits per heavy atom. The van der Waals surface area contributed by atoms with Crippen LogP contribution in [-0.2, 0) is 42.8 Å². The first kappa shape index (κ1) is 25.5. The van der Waals surface area contributed by atoms with Crippen molar-refractivity contribution in [3.05, 3.63) is 49.8 Å². The summed E-state index contributed by atoms with van der Waals surface area (Å²) in [6.45, 7) is 6.17. The van der Waals surface area contributed by atoms with Crippen LogP contribution in [0.25, 0.3) is 0 Å². The number of carbonyl (C=O) groups excluding carboxylic acids is 2. The smallest absolute Gasteiger partial charge is 0.389 e. The lowest BCUT2D eigenvalue weighted by atomic mass is 9.84. The summed E-state index contributed by atoms with van der Waals surface area (Å²) >= 11 is 1.27. The van der Waals surface area contributed by atoms with E-state index in [1.165, 1.54) is 31.3 Å². The number of rotatable bonds is 8. The fourth-order valence-corrected chi connectivity index (χ4v) is 4.26. The zero-order chi connectivity index (χ0) is 25.4. The molecular formula is C19H23N5O8S2. The molecule has 0 spiro atoms. The molecule has 1 fully saturated rings. The van der Waals surface area contributed by atoms with Crippen molar-refractivity contribution in [2.45, 2.75) is 45.9 Å². The van der Waals surface area contributed by atoms with E-state index in [4.69, 9.17) is 9.39 Å². The van der Waals surface area contributed by atoms with Crippen LogP contribution in [0.2, 0.25) is 0 Å². The maximum absolute atomic E-state index is 13.0. The highest BCUT2D eigenvalue weighted by molar-refractivity contribution is 7.80. The molecule has 1 aliphatic rings. The molecule has 0 saturated carbocycles. The van der Waals surface area contributed by atoms with Crippen LogP contribution in [0.1, 0.15) is 35.8 Å². The van der Waals surface area contributed by atoms with Gasteiger partial charge in [0, 0.05) is 30.3 Å². The van der Waals surface area contributed by atoms with Gasteiger partial charge in [-0.05, 0) is 27.7 Å². The molecule has 2 aromatic heterocycles. The molecule has 0 unspecified atom stereocenters. The number of oxime groups is 1. The van der Waals surface area contributed by atoms with E-state index in [1.54, 1.807) is 37.0 Å². The van der Waals surface area contributed by atoms with Crippen LogP contribution >= 0.6 is 11.3 Å². The Labute approximate surface area is 198 Å². The Balaban J connectivity index is 1.80. The Morgan fingerprint density at radius 1 is 1.35 bits per heavy atom. The third kappa shape index (κ3) is 5.32. The number of hydrogen-bond acceptors (Lipinski definition) is 10. The van der Waals surface area contributed by atoms with Crippen molar-refractivity contribution in [2.24, 2.45) is 12.2 Å². The van der Waals surface area contributed by atoms with Gasteiger partial charge in [-0.1, -0.05) is 5.16 Å². The van der Waals surface area contributed by atoms with Gasteiger partial charge in [0.15, 0.2) is 17.7 Å².